The van der Waals surface area contributed by atoms with Crippen molar-refractivity contribution in [1.82, 2.24) is 4.98 Å². The number of pyridine rings is 1. The van der Waals surface area contributed by atoms with Gasteiger partial charge in [0.1, 0.15) is 17.0 Å². The minimum atomic E-state index is 0.429. The van der Waals surface area contributed by atoms with Crippen LogP contribution in [0.25, 0.3) is 0 Å². The van der Waals surface area contributed by atoms with Crippen molar-refractivity contribution in [3.63, 3.8) is 0 Å². The Hall–Kier alpha value is -1.86. The molecule has 0 fully saturated rings. The molecule has 1 aromatic heterocycles. The lowest BCUT2D eigenvalue weighted by Gasteiger charge is -2.05. The number of nitriles is 1. The van der Waals surface area contributed by atoms with Crippen molar-refractivity contribution in [3.05, 3.63) is 58.3 Å². The maximum Gasteiger partial charge on any atom is 0.138 e. The van der Waals surface area contributed by atoms with E-state index in [4.69, 9.17) is 10.00 Å². The van der Waals surface area contributed by atoms with Crippen molar-refractivity contribution >= 4 is 15.9 Å². The summed E-state index contributed by atoms with van der Waals surface area (Å²) in [5, 5.41) is 8.77. The number of halogens is 1. The normalized spacial score (nSPS) is 9.65. The molecule has 0 N–H and O–H groups in total. The third-order valence-electron chi connectivity index (χ3n) is 2.16. The monoisotopic (exact) mass is 288 g/mol. The first kappa shape index (κ1) is 11.6. The van der Waals surface area contributed by atoms with Crippen LogP contribution in [0.1, 0.15) is 11.1 Å². The fourth-order valence-electron chi connectivity index (χ4n) is 1.34. The second kappa shape index (κ2) is 5.46. The molecule has 0 aliphatic rings. The van der Waals surface area contributed by atoms with E-state index in [1.165, 1.54) is 0 Å². The van der Waals surface area contributed by atoms with E-state index in [2.05, 4.69) is 27.0 Å². The summed E-state index contributed by atoms with van der Waals surface area (Å²) in [5.74, 6) is 0.704. The van der Waals surface area contributed by atoms with E-state index in [1.807, 2.05) is 30.3 Å². The number of ether oxygens (including phenoxy) is 1. The van der Waals surface area contributed by atoms with Crippen molar-refractivity contribution in [2.75, 3.05) is 0 Å². The third kappa shape index (κ3) is 3.30. The fourth-order valence-corrected chi connectivity index (χ4v) is 1.58. The van der Waals surface area contributed by atoms with Crippen LogP contribution >= 0.6 is 15.9 Å². The zero-order valence-corrected chi connectivity index (χ0v) is 10.5. The average Bonchev–Trinajstić information content (AvgIpc) is 2.38. The van der Waals surface area contributed by atoms with Crippen LogP contribution in [0.3, 0.4) is 0 Å². The van der Waals surface area contributed by atoms with Crippen LogP contribution in [0, 0.1) is 11.3 Å². The maximum atomic E-state index is 8.77. The van der Waals surface area contributed by atoms with Crippen LogP contribution in [0.5, 0.6) is 5.75 Å². The Bertz CT molecular complexity index is 546. The number of nitrogens with zero attached hydrogens (tertiary/aromatic N) is 2. The second-order valence-electron chi connectivity index (χ2n) is 3.42. The minimum absolute atomic E-state index is 0.429. The topological polar surface area (TPSA) is 45.9 Å². The van der Waals surface area contributed by atoms with Crippen LogP contribution in [0.15, 0.2) is 47.2 Å². The molecule has 3 nitrogen and oxygen atoms in total. The van der Waals surface area contributed by atoms with Crippen LogP contribution < -0.4 is 4.74 Å². The highest BCUT2D eigenvalue weighted by Gasteiger charge is 1.98. The van der Waals surface area contributed by atoms with Gasteiger partial charge in [-0.15, -0.1) is 0 Å². The smallest absolute Gasteiger partial charge is 0.138 e. The van der Waals surface area contributed by atoms with E-state index in [-0.39, 0.29) is 0 Å². The largest absolute Gasteiger partial charge is 0.487 e. The van der Waals surface area contributed by atoms with Gasteiger partial charge in [0.2, 0.25) is 0 Å². The van der Waals surface area contributed by atoms with E-state index in [9.17, 15) is 0 Å². The van der Waals surface area contributed by atoms with Crippen molar-refractivity contribution in [1.29, 1.82) is 5.26 Å². The summed E-state index contributed by atoms with van der Waals surface area (Å²) >= 11 is 3.26. The van der Waals surface area contributed by atoms with Gasteiger partial charge in [0.15, 0.2) is 0 Å². The molecule has 0 aliphatic carbocycles. The van der Waals surface area contributed by atoms with E-state index in [1.54, 1.807) is 12.3 Å². The van der Waals surface area contributed by atoms with Crippen LogP contribution in [-0.2, 0) is 6.61 Å². The molecule has 4 heteroatoms. The van der Waals surface area contributed by atoms with E-state index < -0.39 is 0 Å². The van der Waals surface area contributed by atoms with Gasteiger partial charge in [-0.2, -0.15) is 5.26 Å². The van der Waals surface area contributed by atoms with Gasteiger partial charge in [0.05, 0.1) is 17.8 Å². The van der Waals surface area contributed by atoms with Gasteiger partial charge < -0.3 is 4.74 Å². The predicted molar refractivity (Wildman–Crippen MR) is 67.4 cm³/mol. The number of aromatic nitrogens is 1. The van der Waals surface area contributed by atoms with Gasteiger partial charge in [-0.3, -0.25) is 0 Å². The van der Waals surface area contributed by atoms with Crippen LogP contribution in [0.4, 0.5) is 0 Å². The van der Waals surface area contributed by atoms with E-state index in [0.29, 0.717) is 17.9 Å². The van der Waals surface area contributed by atoms with Gasteiger partial charge >= 0.3 is 0 Å². The Morgan fingerprint density at radius 3 is 2.88 bits per heavy atom. The fraction of sp³-hybridized carbons (Fsp3) is 0.0769. The second-order valence-corrected chi connectivity index (χ2v) is 4.23. The molecule has 0 aliphatic heterocycles. The average molecular weight is 289 g/mol. The SMILES string of the molecule is N#Cc1cccc(COc2ccc(Br)nc2)c1. The lowest BCUT2D eigenvalue weighted by molar-refractivity contribution is 0.305. The van der Waals surface area contributed by atoms with Crippen molar-refractivity contribution in [2.24, 2.45) is 0 Å². The number of rotatable bonds is 3. The molecule has 0 bridgehead atoms. The lowest BCUT2D eigenvalue weighted by Crippen LogP contribution is -1.96. The maximum absolute atomic E-state index is 8.77. The standard InChI is InChI=1S/C13H9BrN2O/c14-13-5-4-12(8-16-13)17-9-11-3-1-2-10(6-11)7-15/h1-6,8H,9H2. The molecular weight excluding hydrogens is 280 g/mol. The summed E-state index contributed by atoms with van der Waals surface area (Å²) in [6, 6.07) is 13.1. The molecule has 0 radical (unpaired) electrons. The number of benzene rings is 1. The number of hydrogen-bond acceptors (Lipinski definition) is 3. The summed E-state index contributed by atoms with van der Waals surface area (Å²) in [4.78, 5) is 4.06. The van der Waals surface area contributed by atoms with Crippen molar-refractivity contribution < 1.29 is 4.74 Å². The lowest BCUT2D eigenvalue weighted by atomic mass is 10.1. The molecule has 2 rings (SSSR count). The first-order chi connectivity index (χ1) is 8.28. The first-order valence-electron chi connectivity index (χ1n) is 5.01. The minimum Gasteiger partial charge on any atom is -0.487 e. The Labute approximate surface area is 108 Å². The molecule has 0 saturated heterocycles. The third-order valence-corrected chi connectivity index (χ3v) is 2.63. The van der Waals surface area contributed by atoms with Crippen molar-refractivity contribution in [2.45, 2.75) is 6.61 Å². The zero-order chi connectivity index (χ0) is 12.1. The van der Waals surface area contributed by atoms with Crippen molar-refractivity contribution in [3.8, 4) is 11.8 Å². The molecule has 0 spiro atoms. The molecule has 84 valence electrons. The Balaban J connectivity index is 2.02. The summed E-state index contributed by atoms with van der Waals surface area (Å²) in [6.45, 7) is 0.429. The Morgan fingerprint density at radius 2 is 2.18 bits per heavy atom. The highest BCUT2D eigenvalue weighted by atomic mass is 79.9. The molecule has 2 aromatic rings. The highest BCUT2D eigenvalue weighted by Crippen LogP contribution is 2.14. The molecule has 17 heavy (non-hydrogen) atoms. The van der Waals surface area contributed by atoms with Gasteiger partial charge in [-0.1, -0.05) is 12.1 Å². The van der Waals surface area contributed by atoms with Gasteiger partial charge in [-0.05, 0) is 45.8 Å². The molecule has 0 atom stereocenters. The first-order valence-corrected chi connectivity index (χ1v) is 5.80. The predicted octanol–water partition coefficient (Wildman–Crippen LogP) is 3.29. The van der Waals surface area contributed by atoms with Gasteiger partial charge in [0.25, 0.3) is 0 Å². The van der Waals surface area contributed by atoms with E-state index >= 15 is 0 Å². The Kier molecular flexibility index (Phi) is 3.73. The van der Waals surface area contributed by atoms with Gasteiger partial charge in [0, 0.05) is 0 Å². The van der Waals surface area contributed by atoms with Gasteiger partial charge in [-0.25, -0.2) is 4.98 Å². The quantitative estimate of drug-likeness (QED) is 0.814. The molecular formula is C13H9BrN2O. The Morgan fingerprint density at radius 1 is 1.29 bits per heavy atom. The summed E-state index contributed by atoms with van der Waals surface area (Å²) in [6.07, 6.45) is 1.65. The summed E-state index contributed by atoms with van der Waals surface area (Å²) in [5.41, 5.74) is 1.60. The molecule has 1 heterocycles. The number of hydrogen-bond donors (Lipinski definition) is 0. The molecule has 0 unspecified atom stereocenters. The zero-order valence-electron chi connectivity index (χ0n) is 8.93. The molecule has 0 amide bonds. The molecule has 0 saturated carbocycles. The highest BCUT2D eigenvalue weighted by molar-refractivity contribution is 9.10. The summed E-state index contributed by atoms with van der Waals surface area (Å²) < 4.78 is 6.33. The van der Waals surface area contributed by atoms with E-state index in [0.717, 1.165) is 10.2 Å². The van der Waals surface area contributed by atoms with Crippen LogP contribution in [0.2, 0.25) is 0 Å². The summed E-state index contributed by atoms with van der Waals surface area (Å²) in [7, 11) is 0. The van der Waals surface area contributed by atoms with Crippen LogP contribution in [-0.4, -0.2) is 4.98 Å². The molecule has 1 aromatic carbocycles.